The topological polar surface area (TPSA) is 46.5 Å². The van der Waals surface area contributed by atoms with Gasteiger partial charge in [0.15, 0.2) is 0 Å². The number of benzene rings is 1. The second-order valence-electron chi connectivity index (χ2n) is 4.99. The Morgan fingerprint density at radius 1 is 1.53 bits per heavy atom. The van der Waals surface area contributed by atoms with Crippen molar-refractivity contribution in [3.8, 4) is 5.75 Å². The van der Waals surface area contributed by atoms with E-state index in [0.717, 1.165) is 18.6 Å². The van der Waals surface area contributed by atoms with Crippen molar-refractivity contribution < 1.29 is 14.6 Å². The molecule has 0 fully saturated rings. The minimum atomic E-state index is -0.739. The maximum Gasteiger partial charge on any atom is 0.303 e. The van der Waals surface area contributed by atoms with Crippen LogP contribution >= 0.6 is 0 Å². The summed E-state index contributed by atoms with van der Waals surface area (Å²) in [6, 6.07) is 7.95. The molecule has 0 heterocycles. The van der Waals surface area contributed by atoms with Gasteiger partial charge in [-0.2, -0.15) is 0 Å². The Morgan fingerprint density at radius 2 is 2.26 bits per heavy atom. The van der Waals surface area contributed by atoms with Gasteiger partial charge in [-0.05, 0) is 42.4 Å². The van der Waals surface area contributed by atoms with Crippen LogP contribution in [0, 0.1) is 11.8 Å². The molecule has 0 radical (unpaired) electrons. The standard InChI is InChI=1S/C16H22O3/c1-4-13(8-12(2)9-16(17)18)10-14-6-5-7-15(11-14)19-3/h4-7,11-13H,1,8-10H2,2-3H3,(H,17,18)/t12-,13-/m1/s1. The van der Waals surface area contributed by atoms with Crippen molar-refractivity contribution in [2.24, 2.45) is 11.8 Å². The number of allylic oxidation sites excluding steroid dienone is 1. The first kappa shape index (κ1) is 15.3. The summed E-state index contributed by atoms with van der Waals surface area (Å²) in [5.41, 5.74) is 1.19. The third-order valence-electron chi connectivity index (χ3n) is 3.19. The van der Waals surface area contributed by atoms with Crippen LogP contribution in [-0.2, 0) is 11.2 Å². The SMILES string of the molecule is C=C[C@@H](Cc1cccc(OC)c1)C[C@@H](C)CC(=O)O. The first-order valence-electron chi connectivity index (χ1n) is 6.52. The minimum Gasteiger partial charge on any atom is -0.497 e. The molecule has 3 nitrogen and oxygen atoms in total. The van der Waals surface area contributed by atoms with Crippen LogP contribution in [-0.4, -0.2) is 18.2 Å². The molecule has 0 aliphatic carbocycles. The summed E-state index contributed by atoms with van der Waals surface area (Å²) in [7, 11) is 1.65. The van der Waals surface area contributed by atoms with Crippen LogP contribution in [0.15, 0.2) is 36.9 Å². The zero-order chi connectivity index (χ0) is 14.3. The van der Waals surface area contributed by atoms with Gasteiger partial charge < -0.3 is 9.84 Å². The van der Waals surface area contributed by atoms with Crippen LogP contribution in [0.2, 0.25) is 0 Å². The zero-order valence-electron chi connectivity index (χ0n) is 11.6. The molecule has 1 N–H and O–H groups in total. The van der Waals surface area contributed by atoms with E-state index in [4.69, 9.17) is 9.84 Å². The van der Waals surface area contributed by atoms with Crippen molar-refractivity contribution in [2.75, 3.05) is 7.11 Å². The van der Waals surface area contributed by atoms with Crippen LogP contribution in [0.5, 0.6) is 5.75 Å². The largest absolute Gasteiger partial charge is 0.497 e. The van der Waals surface area contributed by atoms with Gasteiger partial charge in [-0.1, -0.05) is 25.1 Å². The number of carboxylic acid groups (broad SMARTS) is 1. The molecule has 1 rings (SSSR count). The second kappa shape index (κ2) is 7.62. The molecule has 0 amide bonds. The van der Waals surface area contributed by atoms with Gasteiger partial charge >= 0.3 is 5.97 Å². The smallest absolute Gasteiger partial charge is 0.303 e. The Bertz CT molecular complexity index is 426. The molecule has 0 aliphatic heterocycles. The third kappa shape index (κ3) is 5.60. The highest BCUT2D eigenvalue weighted by Gasteiger charge is 2.14. The Labute approximate surface area is 114 Å². The fraction of sp³-hybridized carbons (Fsp3) is 0.438. The first-order valence-corrected chi connectivity index (χ1v) is 6.52. The van der Waals surface area contributed by atoms with Gasteiger partial charge in [0.25, 0.3) is 0 Å². The lowest BCUT2D eigenvalue weighted by molar-refractivity contribution is -0.138. The van der Waals surface area contributed by atoms with Gasteiger partial charge in [-0.3, -0.25) is 4.79 Å². The van der Waals surface area contributed by atoms with Gasteiger partial charge in [-0.15, -0.1) is 6.58 Å². The Morgan fingerprint density at radius 3 is 2.84 bits per heavy atom. The van der Waals surface area contributed by atoms with Crippen LogP contribution in [0.3, 0.4) is 0 Å². The number of methoxy groups -OCH3 is 1. The van der Waals surface area contributed by atoms with Crippen LogP contribution < -0.4 is 4.74 Å². The van der Waals surface area contributed by atoms with Crippen molar-refractivity contribution >= 4 is 5.97 Å². The molecule has 3 heteroatoms. The van der Waals surface area contributed by atoms with Gasteiger partial charge in [0, 0.05) is 6.42 Å². The molecule has 0 spiro atoms. The molecule has 104 valence electrons. The summed E-state index contributed by atoms with van der Waals surface area (Å²) in [5.74, 6) is 0.558. The highest BCUT2D eigenvalue weighted by atomic mass is 16.5. The van der Waals surface area contributed by atoms with E-state index >= 15 is 0 Å². The van der Waals surface area contributed by atoms with E-state index in [0.29, 0.717) is 5.92 Å². The molecule has 0 saturated carbocycles. The van der Waals surface area contributed by atoms with Crippen molar-refractivity contribution in [3.05, 3.63) is 42.5 Å². The van der Waals surface area contributed by atoms with E-state index in [1.165, 1.54) is 5.56 Å². The molecule has 2 atom stereocenters. The Balaban J connectivity index is 2.60. The second-order valence-corrected chi connectivity index (χ2v) is 4.99. The lowest BCUT2D eigenvalue weighted by Gasteiger charge is -2.17. The van der Waals surface area contributed by atoms with E-state index in [1.807, 2.05) is 31.2 Å². The Hall–Kier alpha value is -1.77. The summed E-state index contributed by atoms with van der Waals surface area (Å²) in [6.07, 6.45) is 3.83. The minimum absolute atomic E-state index is 0.158. The number of aliphatic carboxylic acids is 1. The van der Waals surface area contributed by atoms with E-state index in [9.17, 15) is 4.79 Å². The van der Waals surface area contributed by atoms with Crippen molar-refractivity contribution in [1.82, 2.24) is 0 Å². The normalized spacial score (nSPS) is 13.6. The quantitative estimate of drug-likeness (QED) is 0.729. The third-order valence-corrected chi connectivity index (χ3v) is 3.19. The van der Waals surface area contributed by atoms with Crippen LogP contribution in [0.4, 0.5) is 0 Å². The van der Waals surface area contributed by atoms with Crippen molar-refractivity contribution in [2.45, 2.75) is 26.2 Å². The molecule has 0 bridgehead atoms. The lowest BCUT2D eigenvalue weighted by atomic mass is 9.89. The van der Waals surface area contributed by atoms with Crippen LogP contribution in [0.25, 0.3) is 0 Å². The van der Waals surface area contributed by atoms with E-state index in [-0.39, 0.29) is 12.3 Å². The highest BCUT2D eigenvalue weighted by molar-refractivity contribution is 5.66. The summed E-state index contributed by atoms with van der Waals surface area (Å²) in [4.78, 5) is 10.7. The molecule has 0 aliphatic rings. The average Bonchev–Trinajstić information content (AvgIpc) is 2.37. The van der Waals surface area contributed by atoms with Crippen molar-refractivity contribution in [3.63, 3.8) is 0 Å². The Kier molecular flexibility index (Phi) is 6.13. The number of hydrogen-bond donors (Lipinski definition) is 1. The van der Waals surface area contributed by atoms with Gasteiger partial charge in [0.05, 0.1) is 7.11 Å². The molecule has 1 aromatic rings. The summed E-state index contributed by atoms with van der Waals surface area (Å²) >= 11 is 0. The molecule has 0 aromatic heterocycles. The first-order chi connectivity index (χ1) is 9.05. The van der Waals surface area contributed by atoms with Crippen molar-refractivity contribution in [1.29, 1.82) is 0 Å². The van der Waals surface area contributed by atoms with Gasteiger partial charge in [-0.25, -0.2) is 0 Å². The molecule has 19 heavy (non-hydrogen) atoms. The monoisotopic (exact) mass is 262 g/mol. The number of rotatable bonds is 8. The lowest BCUT2D eigenvalue weighted by Crippen LogP contribution is -2.11. The number of carbonyl (C=O) groups is 1. The summed E-state index contributed by atoms with van der Waals surface area (Å²) < 4.78 is 5.20. The van der Waals surface area contributed by atoms with Gasteiger partial charge in [0.2, 0.25) is 0 Å². The molecular formula is C16H22O3. The van der Waals surface area contributed by atoms with Crippen LogP contribution in [0.1, 0.15) is 25.3 Å². The zero-order valence-corrected chi connectivity index (χ0v) is 11.6. The van der Waals surface area contributed by atoms with Gasteiger partial charge in [0.1, 0.15) is 5.75 Å². The predicted molar refractivity (Wildman–Crippen MR) is 76.4 cm³/mol. The van der Waals surface area contributed by atoms with E-state index < -0.39 is 5.97 Å². The molecule has 0 unspecified atom stereocenters. The number of hydrogen-bond acceptors (Lipinski definition) is 2. The summed E-state index contributed by atoms with van der Waals surface area (Å²) in [6.45, 7) is 5.82. The molecule has 0 saturated heterocycles. The summed E-state index contributed by atoms with van der Waals surface area (Å²) in [5, 5.41) is 8.79. The number of carboxylic acids is 1. The molecular weight excluding hydrogens is 240 g/mol. The molecule has 1 aromatic carbocycles. The maximum absolute atomic E-state index is 10.7. The fourth-order valence-corrected chi connectivity index (χ4v) is 2.26. The fourth-order valence-electron chi connectivity index (χ4n) is 2.26. The average molecular weight is 262 g/mol. The van der Waals surface area contributed by atoms with E-state index in [2.05, 4.69) is 12.6 Å². The number of ether oxygens (including phenoxy) is 1. The van der Waals surface area contributed by atoms with E-state index in [1.54, 1.807) is 7.11 Å². The highest BCUT2D eigenvalue weighted by Crippen LogP contribution is 2.22. The predicted octanol–water partition coefficient (Wildman–Crippen LogP) is 3.54. The maximum atomic E-state index is 10.7.